The van der Waals surface area contributed by atoms with Crippen LogP contribution in [0, 0.1) is 5.82 Å². The lowest BCUT2D eigenvalue weighted by molar-refractivity contribution is -0.132. The fourth-order valence-corrected chi connectivity index (χ4v) is 3.81. The molecule has 1 aliphatic rings. The Morgan fingerprint density at radius 1 is 0.939 bits per heavy atom. The van der Waals surface area contributed by atoms with Gasteiger partial charge in [-0.25, -0.2) is 9.18 Å². The number of benzene rings is 3. The van der Waals surface area contributed by atoms with E-state index in [0.29, 0.717) is 5.56 Å². The number of Topliss-reactive ketones (excluding diaryl/α,β-unsaturated/α-hetero) is 1. The molecule has 0 aromatic heterocycles. The van der Waals surface area contributed by atoms with Crippen LogP contribution < -0.4 is 4.90 Å². The summed E-state index contributed by atoms with van der Waals surface area (Å²) in [5.74, 6) is -3.39. The Hall–Kier alpha value is -4.26. The van der Waals surface area contributed by atoms with E-state index in [1.165, 1.54) is 42.5 Å². The number of aliphatic hydroxyl groups is 1. The van der Waals surface area contributed by atoms with Crippen LogP contribution in [0.5, 0.6) is 0 Å². The van der Waals surface area contributed by atoms with Gasteiger partial charge in [0.05, 0.1) is 23.8 Å². The second-order valence-electron chi connectivity index (χ2n) is 7.32. The second kappa shape index (κ2) is 9.08. The van der Waals surface area contributed by atoms with Crippen LogP contribution in [0.3, 0.4) is 0 Å². The van der Waals surface area contributed by atoms with Crippen LogP contribution in [0.2, 0.25) is 0 Å². The Morgan fingerprint density at radius 3 is 2.21 bits per heavy atom. The number of nitrogens with zero attached hydrogens (tertiary/aromatic N) is 1. The van der Waals surface area contributed by atoms with E-state index in [9.17, 15) is 23.9 Å². The van der Waals surface area contributed by atoms with Gasteiger partial charge < -0.3 is 9.84 Å². The van der Waals surface area contributed by atoms with Crippen LogP contribution in [0.4, 0.5) is 10.1 Å². The molecule has 0 saturated carbocycles. The van der Waals surface area contributed by atoms with Gasteiger partial charge in [0, 0.05) is 16.8 Å². The number of hydrogen-bond acceptors (Lipinski definition) is 5. The number of carbonyl (C=O) groups is 3. The number of anilines is 1. The van der Waals surface area contributed by atoms with Crippen molar-refractivity contribution in [3.8, 4) is 0 Å². The molecule has 0 bridgehead atoms. The molecule has 1 saturated heterocycles. The Labute approximate surface area is 189 Å². The van der Waals surface area contributed by atoms with Crippen molar-refractivity contribution < 1.29 is 28.6 Å². The molecule has 7 heteroatoms. The molecule has 0 unspecified atom stereocenters. The lowest BCUT2D eigenvalue weighted by Crippen LogP contribution is -2.29. The van der Waals surface area contributed by atoms with Gasteiger partial charge in [0.1, 0.15) is 11.6 Å². The Morgan fingerprint density at radius 2 is 1.58 bits per heavy atom. The summed E-state index contributed by atoms with van der Waals surface area (Å²) in [6, 6.07) is 18.7. The predicted octanol–water partition coefficient (Wildman–Crippen LogP) is 4.63. The van der Waals surface area contributed by atoms with Crippen molar-refractivity contribution in [1.82, 2.24) is 0 Å². The molecule has 166 valence electrons. The zero-order valence-electron chi connectivity index (χ0n) is 17.7. The first-order chi connectivity index (χ1) is 15.9. The summed E-state index contributed by atoms with van der Waals surface area (Å²) in [6.07, 6.45) is 0. The molecule has 0 radical (unpaired) electrons. The van der Waals surface area contributed by atoms with Gasteiger partial charge in [-0.3, -0.25) is 14.5 Å². The number of esters is 1. The van der Waals surface area contributed by atoms with E-state index in [4.69, 9.17) is 4.74 Å². The summed E-state index contributed by atoms with van der Waals surface area (Å²) >= 11 is 0. The highest BCUT2D eigenvalue weighted by Crippen LogP contribution is 2.42. The number of carbonyl (C=O) groups excluding carboxylic acids is 3. The SMILES string of the molecule is CCOC(=O)c1ccc(N2C(=O)C(=O)C(=C(O)c3ccccc3)[C@@H]2c2ccccc2F)cc1. The van der Waals surface area contributed by atoms with Gasteiger partial charge in [0.2, 0.25) is 0 Å². The standard InChI is InChI=1S/C26H20FNO5/c1-2-33-26(32)17-12-14-18(15-13-17)28-22(19-10-6-7-11-20(19)27)21(24(30)25(28)31)23(29)16-8-4-3-5-9-16/h3-15,22,29H,2H2,1H3/t22-/m0/s1. The molecule has 4 rings (SSSR count). The number of halogens is 1. The van der Waals surface area contributed by atoms with Gasteiger partial charge in [0.25, 0.3) is 11.7 Å². The van der Waals surface area contributed by atoms with E-state index in [-0.39, 0.29) is 29.0 Å². The lowest BCUT2D eigenvalue weighted by Gasteiger charge is -2.25. The zero-order chi connectivity index (χ0) is 23.5. The van der Waals surface area contributed by atoms with Gasteiger partial charge >= 0.3 is 5.97 Å². The molecule has 6 nitrogen and oxygen atoms in total. The quantitative estimate of drug-likeness (QED) is 0.268. The van der Waals surface area contributed by atoms with Gasteiger partial charge in [-0.1, -0.05) is 48.5 Å². The largest absolute Gasteiger partial charge is 0.507 e. The molecule has 3 aromatic carbocycles. The summed E-state index contributed by atoms with van der Waals surface area (Å²) in [4.78, 5) is 39.2. The third-order valence-corrected chi connectivity index (χ3v) is 5.35. The number of aliphatic hydroxyl groups excluding tert-OH is 1. The molecule has 1 heterocycles. The maximum atomic E-state index is 14.9. The van der Waals surface area contributed by atoms with Crippen molar-refractivity contribution in [2.45, 2.75) is 13.0 Å². The Balaban J connectivity index is 1.88. The van der Waals surface area contributed by atoms with Crippen molar-refractivity contribution in [2.75, 3.05) is 11.5 Å². The number of hydrogen-bond donors (Lipinski definition) is 1. The molecular formula is C26H20FNO5. The summed E-state index contributed by atoms with van der Waals surface area (Å²) in [5.41, 5.74) is 0.707. The molecule has 1 aliphatic heterocycles. The summed E-state index contributed by atoms with van der Waals surface area (Å²) in [5, 5.41) is 11.0. The Bertz CT molecular complexity index is 1250. The van der Waals surface area contributed by atoms with Crippen LogP contribution in [0.1, 0.15) is 34.5 Å². The average Bonchev–Trinajstić information content (AvgIpc) is 3.10. The van der Waals surface area contributed by atoms with Gasteiger partial charge in [0.15, 0.2) is 0 Å². The minimum Gasteiger partial charge on any atom is -0.507 e. The zero-order valence-corrected chi connectivity index (χ0v) is 17.7. The monoisotopic (exact) mass is 445 g/mol. The fourth-order valence-electron chi connectivity index (χ4n) is 3.81. The van der Waals surface area contributed by atoms with Crippen LogP contribution >= 0.6 is 0 Å². The Kier molecular flexibility index (Phi) is 6.04. The van der Waals surface area contributed by atoms with Crippen molar-refractivity contribution in [1.29, 1.82) is 0 Å². The highest BCUT2D eigenvalue weighted by Gasteiger charge is 2.47. The molecule has 0 aliphatic carbocycles. The fraction of sp³-hybridized carbons (Fsp3) is 0.115. The maximum Gasteiger partial charge on any atom is 0.338 e. The van der Waals surface area contributed by atoms with Crippen molar-refractivity contribution in [3.05, 3.63) is 107 Å². The molecule has 1 N–H and O–H groups in total. The molecule has 1 fully saturated rings. The molecule has 1 atom stereocenters. The third-order valence-electron chi connectivity index (χ3n) is 5.35. The normalized spacial score (nSPS) is 17.3. The van der Waals surface area contributed by atoms with E-state index in [0.717, 1.165) is 4.90 Å². The first-order valence-electron chi connectivity index (χ1n) is 10.3. The second-order valence-corrected chi connectivity index (χ2v) is 7.32. The highest BCUT2D eigenvalue weighted by atomic mass is 19.1. The first-order valence-corrected chi connectivity index (χ1v) is 10.3. The van der Waals surface area contributed by atoms with E-state index in [2.05, 4.69) is 0 Å². The van der Waals surface area contributed by atoms with Crippen molar-refractivity contribution in [2.24, 2.45) is 0 Å². The van der Waals surface area contributed by atoms with Crippen molar-refractivity contribution >= 4 is 29.1 Å². The number of ether oxygens (including phenoxy) is 1. The van der Waals surface area contributed by atoms with Crippen molar-refractivity contribution in [3.63, 3.8) is 0 Å². The van der Waals surface area contributed by atoms with E-state index in [1.54, 1.807) is 43.3 Å². The predicted molar refractivity (Wildman–Crippen MR) is 120 cm³/mol. The minimum absolute atomic E-state index is 0.0589. The lowest BCUT2D eigenvalue weighted by atomic mass is 9.94. The van der Waals surface area contributed by atoms with Gasteiger partial charge in [-0.05, 0) is 37.3 Å². The molecule has 3 aromatic rings. The molecule has 33 heavy (non-hydrogen) atoms. The van der Waals surface area contributed by atoms with Crippen LogP contribution in [0.15, 0.2) is 84.4 Å². The minimum atomic E-state index is -1.19. The maximum absolute atomic E-state index is 14.9. The van der Waals surface area contributed by atoms with Crippen LogP contribution in [-0.2, 0) is 14.3 Å². The number of rotatable bonds is 5. The third kappa shape index (κ3) is 4.01. The smallest absolute Gasteiger partial charge is 0.338 e. The molecule has 0 spiro atoms. The van der Waals surface area contributed by atoms with Crippen LogP contribution in [-0.4, -0.2) is 29.4 Å². The summed E-state index contributed by atoms with van der Waals surface area (Å²) in [6.45, 7) is 1.90. The average molecular weight is 445 g/mol. The molecule has 1 amide bonds. The highest BCUT2D eigenvalue weighted by molar-refractivity contribution is 6.51. The summed E-state index contributed by atoms with van der Waals surface area (Å²) in [7, 11) is 0. The van der Waals surface area contributed by atoms with E-state index in [1.807, 2.05) is 0 Å². The van der Waals surface area contributed by atoms with Gasteiger partial charge in [-0.15, -0.1) is 0 Å². The van der Waals surface area contributed by atoms with E-state index >= 15 is 0 Å². The van der Waals surface area contributed by atoms with E-state index < -0.39 is 35.3 Å². The van der Waals surface area contributed by atoms with Gasteiger partial charge in [-0.2, -0.15) is 0 Å². The molecular weight excluding hydrogens is 425 g/mol. The van der Waals surface area contributed by atoms with Crippen LogP contribution in [0.25, 0.3) is 5.76 Å². The first kappa shape index (κ1) is 22.0. The number of amides is 1. The summed E-state index contributed by atoms with van der Waals surface area (Å²) < 4.78 is 19.8. The number of ketones is 1. The topological polar surface area (TPSA) is 83.9 Å².